The number of H-pyrrole nitrogens is 1. The molecule has 15 heteroatoms. The standard InChI is InChI=1S/C31H28Cl3F2N5O4S/c1-4-39-11-6-12-40(30(39)44)21-13-17-15-41(20(9-10-37)24(17)16(2)26(21)45-3)29(43)25-22(14-23(31(34,35)36)38-28(25)42)46-27-18(32)7-5-8-19(27)33/h5,7-8,13-14,20H,4,6,9,11-12,15H2,1-3H3,(H,38,42). The Hall–Kier alpha value is -3.50. The largest absolute Gasteiger partial charge is 0.494 e. The number of alkyl halides is 3. The molecule has 5 rings (SSSR count). The Kier molecular flexibility index (Phi) is 9.80. The lowest BCUT2D eigenvalue weighted by atomic mass is 9.95. The smallest absolute Gasteiger partial charge is 0.362 e. The van der Waals surface area contributed by atoms with E-state index in [1.807, 2.05) is 11.9 Å². The highest BCUT2D eigenvalue weighted by atomic mass is 35.5. The minimum atomic E-state index is -3.95. The van der Waals surface area contributed by atoms with Gasteiger partial charge in [0.2, 0.25) is 0 Å². The molecule has 0 spiro atoms. The van der Waals surface area contributed by atoms with Gasteiger partial charge in [-0.3, -0.25) is 14.5 Å². The molecule has 2 aromatic carbocycles. The Morgan fingerprint density at radius 3 is 2.52 bits per heavy atom. The fraction of sp³-hybridized carbons (Fsp3) is 0.355. The van der Waals surface area contributed by atoms with Gasteiger partial charge in [-0.1, -0.05) is 41.0 Å². The highest BCUT2D eigenvalue weighted by Crippen LogP contribution is 2.48. The number of carbonyl (C=O) groups excluding carboxylic acids is 2. The van der Waals surface area contributed by atoms with Crippen molar-refractivity contribution in [3.8, 4) is 11.8 Å². The van der Waals surface area contributed by atoms with Gasteiger partial charge in [0.1, 0.15) is 17.0 Å². The number of methoxy groups -OCH3 is 1. The average molecular weight is 711 g/mol. The van der Waals surface area contributed by atoms with Crippen LogP contribution in [0.5, 0.6) is 5.75 Å². The van der Waals surface area contributed by atoms with Gasteiger partial charge in [-0.2, -0.15) is 14.0 Å². The molecule has 1 atom stereocenters. The highest BCUT2D eigenvalue weighted by molar-refractivity contribution is 7.99. The number of nitrogens with zero attached hydrogens (tertiary/aromatic N) is 4. The lowest BCUT2D eigenvalue weighted by molar-refractivity contribution is 0.0684. The Morgan fingerprint density at radius 2 is 1.91 bits per heavy atom. The van der Waals surface area contributed by atoms with Gasteiger partial charge in [-0.05, 0) is 72.8 Å². The SMILES string of the molecule is CCN1CCCN(c2cc3c(c(C)c2OC)C(CC#N)N(C(=O)c2c(Sc4c(Cl)cccc4Cl)cc(C(F)(F)Cl)[nH]c2=O)C3)C1=O. The Labute approximate surface area is 282 Å². The molecule has 1 aromatic heterocycles. The van der Waals surface area contributed by atoms with E-state index < -0.39 is 34.1 Å². The zero-order valence-corrected chi connectivity index (χ0v) is 28.0. The molecule has 3 amide bonds. The van der Waals surface area contributed by atoms with Gasteiger partial charge in [0.15, 0.2) is 0 Å². The number of halogens is 5. The van der Waals surface area contributed by atoms with E-state index in [0.29, 0.717) is 47.8 Å². The molecule has 242 valence electrons. The van der Waals surface area contributed by atoms with Crippen molar-refractivity contribution in [2.75, 3.05) is 31.6 Å². The Morgan fingerprint density at radius 1 is 1.22 bits per heavy atom. The van der Waals surface area contributed by atoms with Crippen molar-refractivity contribution in [3.63, 3.8) is 0 Å². The van der Waals surface area contributed by atoms with Crippen molar-refractivity contribution in [1.82, 2.24) is 14.8 Å². The summed E-state index contributed by atoms with van der Waals surface area (Å²) in [7, 11) is 1.48. The summed E-state index contributed by atoms with van der Waals surface area (Å²) in [5.74, 6) is -0.377. The third kappa shape index (κ3) is 6.13. The minimum absolute atomic E-state index is 0.0261. The number of hydrogen-bond donors (Lipinski definition) is 1. The molecule has 0 aliphatic carbocycles. The third-order valence-corrected chi connectivity index (χ3v) is 10.3. The Bertz CT molecular complexity index is 1810. The van der Waals surface area contributed by atoms with Gasteiger partial charge in [0, 0.05) is 36.0 Å². The molecule has 0 radical (unpaired) electrons. The monoisotopic (exact) mass is 709 g/mol. The van der Waals surface area contributed by atoms with Gasteiger partial charge in [-0.15, -0.1) is 0 Å². The molecule has 1 unspecified atom stereocenters. The van der Waals surface area contributed by atoms with Crippen LogP contribution in [0.1, 0.15) is 58.5 Å². The molecule has 2 aliphatic rings. The number of carbonyl (C=O) groups is 2. The fourth-order valence-corrected chi connectivity index (χ4v) is 7.72. The van der Waals surface area contributed by atoms with Crippen molar-refractivity contribution < 1.29 is 23.1 Å². The number of nitrogens with one attached hydrogen (secondary N) is 1. The second kappa shape index (κ2) is 13.3. The van der Waals surface area contributed by atoms with Crippen LogP contribution in [0.2, 0.25) is 10.0 Å². The molecule has 46 heavy (non-hydrogen) atoms. The van der Waals surface area contributed by atoms with Crippen molar-refractivity contribution >= 4 is 64.2 Å². The number of rotatable bonds is 8. The molecule has 3 heterocycles. The van der Waals surface area contributed by atoms with Crippen molar-refractivity contribution in [2.24, 2.45) is 0 Å². The topological polar surface area (TPSA) is 110 Å². The number of anilines is 1. The van der Waals surface area contributed by atoms with E-state index in [-0.39, 0.29) is 38.8 Å². The van der Waals surface area contributed by atoms with Crippen LogP contribution < -0.4 is 15.2 Å². The minimum Gasteiger partial charge on any atom is -0.494 e. The summed E-state index contributed by atoms with van der Waals surface area (Å²) >= 11 is 18.7. The maximum absolute atomic E-state index is 14.3. The number of aromatic nitrogens is 1. The molecule has 9 nitrogen and oxygen atoms in total. The number of nitriles is 1. The summed E-state index contributed by atoms with van der Waals surface area (Å²) < 4.78 is 34.2. The number of ether oxygens (including phenoxy) is 1. The summed E-state index contributed by atoms with van der Waals surface area (Å²) in [5, 5.41) is 6.21. The molecule has 1 fully saturated rings. The molecule has 3 aromatic rings. The van der Waals surface area contributed by atoms with Crippen LogP contribution in [0.3, 0.4) is 0 Å². The van der Waals surface area contributed by atoms with Gasteiger partial charge in [0.25, 0.3) is 11.5 Å². The van der Waals surface area contributed by atoms with Crippen molar-refractivity contribution in [2.45, 2.75) is 54.4 Å². The van der Waals surface area contributed by atoms with Crippen LogP contribution in [0.4, 0.5) is 19.3 Å². The Balaban J connectivity index is 1.63. The van der Waals surface area contributed by atoms with Crippen LogP contribution in [0, 0.1) is 18.3 Å². The van der Waals surface area contributed by atoms with E-state index in [4.69, 9.17) is 39.5 Å². The van der Waals surface area contributed by atoms with Gasteiger partial charge >= 0.3 is 11.4 Å². The third-order valence-electron chi connectivity index (χ3n) is 8.06. The van der Waals surface area contributed by atoms with Crippen LogP contribution in [-0.4, -0.2) is 53.5 Å². The first kappa shape index (κ1) is 33.9. The van der Waals surface area contributed by atoms with Crippen LogP contribution in [0.15, 0.2) is 44.9 Å². The second-order valence-corrected chi connectivity index (χ2v) is 13.0. The second-order valence-electron chi connectivity index (χ2n) is 10.7. The van der Waals surface area contributed by atoms with E-state index in [0.717, 1.165) is 24.2 Å². The van der Waals surface area contributed by atoms with E-state index >= 15 is 0 Å². The number of pyridine rings is 1. The fourth-order valence-electron chi connectivity index (χ4n) is 5.98. The molecule has 0 bridgehead atoms. The normalized spacial score (nSPS) is 16.5. The summed E-state index contributed by atoms with van der Waals surface area (Å²) in [5.41, 5.74) is 0.00325. The highest BCUT2D eigenvalue weighted by Gasteiger charge is 2.41. The first-order valence-electron chi connectivity index (χ1n) is 14.2. The maximum Gasteiger partial charge on any atom is 0.362 e. The quantitative estimate of drug-likeness (QED) is 0.240. The predicted molar refractivity (Wildman–Crippen MR) is 173 cm³/mol. The van der Waals surface area contributed by atoms with Crippen LogP contribution in [-0.2, 0) is 11.9 Å². The summed E-state index contributed by atoms with van der Waals surface area (Å²) in [6.07, 6.45) is 0.611. The predicted octanol–water partition coefficient (Wildman–Crippen LogP) is 7.70. The zero-order chi connectivity index (χ0) is 33.5. The van der Waals surface area contributed by atoms with E-state index in [9.17, 15) is 28.4 Å². The van der Waals surface area contributed by atoms with Crippen LogP contribution >= 0.6 is 46.6 Å². The number of benzene rings is 2. The van der Waals surface area contributed by atoms with Gasteiger partial charge in [0.05, 0.1) is 41.4 Å². The van der Waals surface area contributed by atoms with Gasteiger partial charge < -0.3 is 19.5 Å². The lowest BCUT2D eigenvalue weighted by Crippen LogP contribution is -2.49. The first-order valence-corrected chi connectivity index (χ1v) is 16.2. The summed E-state index contributed by atoms with van der Waals surface area (Å²) in [6, 6.07) is 8.47. The summed E-state index contributed by atoms with van der Waals surface area (Å²) in [4.78, 5) is 47.9. The van der Waals surface area contributed by atoms with E-state index in [1.165, 1.54) is 24.1 Å². The van der Waals surface area contributed by atoms with Crippen molar-refractivity contribution in [1.29, 1.82) is 5.26 Å². The molecule has 0 saturated carbocycles. The number of urea groups is 1. The molecular formula is C31H28Cl3F2N5O4S. The van der Waals surface area contributed by atoms with E-state index in [2.05, 4.69) is 6.07 Å². The molecule has 1 N–H and O–H groups in total. The van der Waals surface area contributed by atoms with Gasteiger partial charge in [-0.25, -0.2) is 4.79 Å². The summed E-state index contributed by atoms with van der Waals surface area (Å²) in [6.45, 7) is 5.30. The number of amides is 3. The number of fused-ring (bicyclic) bond motifs is 1. The van der Waals surface area contributed by atoms with E-state index in [1.54, 1.807) is 28.9 Å². The number of aromatic amines is 1. The lowest BCUT2D eigenvalue weighted by Gasteiger charge is -2.36. The maximum atomic E-state index is 14.3. The molecular weight excluding hydrogens is 683 g/mol. The zero-order valence-electron chi connectivity index (χ0n) is 24.9. The molecule has 2 aliphatic heterocycles. The van der Waals surface area contributed by atoms with Crippen molar-refractivity contribution in [3.05, 3.63) is 78.7 Å². The van der Waals surface area contributed by atoms with Crippen LogP contribution in [0.25, 0.3) is 0 Å². The molecule has 1 saturated heterocycles. The first-order chi connectivity index (χ1) is 21.8. The number of hydrogen-bond acceptors (Lipinski definition) is 6. The average Bonchev–Trinajstić information content (AvgIpc) is 3.37.